The average Bonchev–Trinajstić information content (AvgIpc) is 3.46. The van der Waals surface area contributed by atoms with Crippen LogP contribution in [0.25, 0.3) is 5.76 Å². The normalized spacial score (nSPS) is 23.9. The van der Waals surface area contributed by atoms with Gasteiger partial charge in [0.05, 0.1) is 42.6 Å². The largest absolute Gasteiger partial charge is 0.507 e. The quantitative estimate of drug-likeness (QED) is 0.233. The number of carbonyl (C=O) groups is 3. The van der Waals surface area contributed by atoms with Gasteiger partial charge in [0.2, 0.25) is 10.0 Å². The SMILES string of the molecule is CCCCN1C(=O)C2(/C(=C(/O)c3cccc(S(=O)(=O)N4CCOCC4)c3)C(=O)C(=O)N2CCCN2CCOCC2)c2ccccc21. The van der Waals surface area contributed by atoms with Gasteiger partial charge < -0.3 is 24.4 Å². The summed E-state index contributed by atoms with van der Waals surface area (Å²) in [4.78, 5) is 47.7. The molecule has 13 heteroatoms. The number of ketones is 1. The van der Waals surface area contributed by atoms with Gasteiger partial charge in [-0.15, -0.1) is 0 Å². The molecule has 2 amide bonds. The number of morpholine rings is 2. The predicted molar refractivity (Wildman–Crippen MR) is 170 cm³/mol. The standard InChI is InChI=1S/C33H40N4O8S/c1-2-3-13-36-27-11-5-4-10-26(27)33(32(36)41)28(30(39)31(40)37(33)14-7-12-34-15-19-44-20-16-34)29(38)24-8-6-9-25(23-24)46(42,43)35-17-21-45-22-18-35/h4-6,8-11,23,38H,2-3,7,12-22H2,1H3/b29-28+. The van der Waals surface area contributed by atoms with Gasteiger partial charge in [0.1, 0.15) is 5.76 Å². The highest BCUT2D eigenvalue weighted by molar-refractivity contribution is 7.89. The first kappa shape index (κ1) is 32.3. The van der Waals surface area contributed by atoms with Gasteiger partial charge in [-0.25, -0.2) is 8.42 Å². The summed E-state index contributed by atoms with van der Waals surface area (Å²) in [6.45, 7) is 6.77. The second kappa shape index (κ2) is 13.2. The zero-order valence-corrected chi connectivity index (χ0v) is 26.8. The molecule has 0 saturated carbocycles. The molecule has 0 radical (unpaired) electrons. The number of carbonyl (C=O) groups excluding carboxylic acids is 3. The van der Waals surface area contributed by atoms with E-state index in [9.17, 15) is 27.9 Å². The fourth-order valence-electron chi connectivity index (χ4n) is 6.87. The number of sulfonamides is 1. The molecular formula is C33H40N4O8S. The lowest BCUT2D eigenvalue weighted by molar-refractivity contribution is -0.143. The Morgan fingerprint density at radius 3 is 2.28 bits per heavy atom. The van der Waals surface area contributed by atoms with Crippen molar-refractivity contribution in [3.05, 3.63) is 65.2 Å². The number of rotatable bonds is 10. The Labute approximate surface area is 269 Å². The number of amides is 2. The summed E-state index contributed by atoms with van der Waals surface area (Å²) in [5, 5.41) is 11.9. The first-order chi connectivity index (χ1) is 22.2. The van der Waals surface area contributed by atoms with Crippen molar-refractivity contribution in [2.45, 2.75) is 36.6 Å². The first-order valence-electron chi connectivity index (χ1n) is 15.9. The van der Waals surface area contributed by atoms with E-state index in [0.29, 0.717) is 50.4 Å². The maximum absolute atomic E-state index is 14.7. The number of Topliss-reactive ketones (excluding diaryl/α,β-unsaturated/α-hetero) is 1. The fraction of sp³-hybridized carbons (Fsp3) is 0.485. The lowest BCUT2D eigenvalue weighted by Crippen LogP contribution is -2.52. The third kappa shape index (κ3) is 5.43. The van der Waals surface area contributed by atoms with Crippen molar-refractivity contribution >= 4 is 39.1 Å². The summed E-state index contributed by atoms with van der Waals surface area (Å²) in [5.41, 5.74) is -1.19. The number of hydrogen-bond donors (Lipinski definition) is 1. The van der Waals surface area contributed by atoms with Crippen LogP contribution in [0.15, 0.2) is 59.0 Å². The number of para-hydroxylation sites is 1. The molecule has 1 N–H and O–H groups in total. The van der Waals surface area contributed by atoms with Crippen LogP contribution in [0.5, 0.6) is 0 Å². The van der Waals surface area contributed by atoms with Crippen molar-refractivity contribution in [1.82, 2.24) is 14.1 Å². The topological polar surface area (TPSA) is 137 Å². The molecule has 2 aromatic rings. The van der Waals surface area contributed by atoms with Crippen LogP contribution in [0.2, 0.25) is 0 Å². The molecule has 0 bridgehead atoms. The second-order valence-corrected chi connectivity index (χ2v) is 13.8. The third-order valence-electron chi connectivity index (χ3n) is 9.22. The van der Waals surface area contributed by atoms with Gasteiger partial charge in [0, 0.05) is 56.9 Å². The van der Waals surface area contributed by atoms with Crippen LogP contribution in [0.4, 0.5) is 5.69 Å². The average molecular weight is 653 g/mol. The van der Waals surface area contributed by atoms with Crippen molar-refractivity contribution in [3.63, 3.8) is 0 Å². The molecule has 1 spiro atoms. The zero-order chi connectivity index (χ0) is 32.5. The van der Waals surface area contributed by atoms with Crippen molar-refractivity contribution in [3.8, 4) is 0 Å². The molecule has 6 rings (SSSR count). The second-order valence-electron chi connectivity index (χ2n) is 11.9. The van der Waals surface area contributed by atoms with Crippen molar-refractivity contribution in [2.75, 3.05) is 77.1 Å². The lowest BCUT2D eigenvalue weighted by atomic mass is 9.82. The predicted octanol–water partition coefficient (Wildman–Crippen LogP) is 2.15. The van der Waals surface area contributed by atoms with Gasteiger partial charge in [-0.3, -0.25) is 19.3 Å². The van der Waals surface area contributed by atoms with Gasteiger partial charge in [0.25, 0.3) is 17.6 Å². The summed E-state index contributed by atoms with van der Waals surface area (Å²) in [6, 6.07) is 12.7. The number of fused-ring (bicyclic) bond motifs is 2. The van der Waals surface area contributed by atoms with Crippen LogP contribution in [-0.2, 0) is 39.4 Å². The van der Waals surface area contributed by atoms with E-state index in [1.807, 2.05) is 6.92 Å². The summed E-state index contributed by atoms with van der Waals surface area (Å²) < 4.78 is 39.0. The molecule has 12 nitrogen and oxygen atoms in total. The van der Waals surface area contributed by atoms with Crippen LogP contribution in [0.3, 0.4) is 0 Å². The van der Waals surface area contributed by atoms with E-state index in [-0.39, 0.29) is 48.9 Å². The van der Waals surface area contributed by atoms with E-state index in [2.05, 4.69) is 4.90 Å². The van der Waals surface area contributed by atoms with Crippen LogP contribution in [0.1, 0.15) is 37.3 Å². The van der Waals surface area contributed by atoms with Gasteiger partial charge in [0.15, 0.2) is 5.54 Å². The van der Waals surface area contributed by atoms with E-state index in [4.69, 9.17) is 9.47 Å². The molecule has 0 aliphatic carbocycles. The maximum Gasteiger partial charge on any atom is 0.296 e. The highest BCUT2D eigenvalue weighted by atomic mass is 32.2. The number of likely N-dealkylation sites (tertiary alicyclic amines) is 1. The summed E-state index contributed by atoms with van der Waals surface area (Å²) in [7, 11) is -3.94. The van der Waals surface area contributed by atoms with E-state index in [1.165, 1.54) is 33.5 Å². The zero-order valence-electron chi connectivity index (χ0n) is 26.0. The maximum atomic E-state index is 14.7. The van der Waals surface area contributed by atoms with Gasteiger partial charge in [-0.1, -0.05) is 43.7 Å². The van der Waals surface area contributed by atoms with E-state index < -0.39 is 38.9 Å². The molecule has 4 aliphatic heterocycles. The molecule has 4 aliphatic rings. The highest BCUT2D eigenvalue weighted by Gasteiger charge is 2.66. The van der Waals surface area contributed by atoms with Crippen LogP contribution in [-0.4, -0.2) is 117 Å². The number of ether oxygens (including phenoxy) is 2. The summed E-state index contributed by atoms with van der Waals surface area (Å²) in [5.74, 6) is -2.92. The molecule has 46 heavy (non-hydrogen) atoms. The fourth-order valence-corrected chi connectivity index (χ4v) is 8.32. The number of nitrogens with zero attached hydrogens (tertiary/aromatic N) is 4. The number of benzene rings is 2. The van der Waals surface area contributed by atoms with Gasteiger partial charge in [-0.2, -0.15) is 4.31 Å². The number of anilines is 1. The number of aliphatic hydroxyl groups excluding tert-OH is 1. The molecule has 3 fully saturated rings. The van der Waals surface area contributed by atoms with Crippen molar-refractivity contribution < 1.29 is 37.4 Å². The van der Waals surface area contributed by atoms with Crippen LogP contribution >= 0.6 is 0 Å². The van der Waals surface area contributed by atoms with Crippen molar-refractivity contribution in [2.24, 2.45) is 0 Å². The smallest absolute Gasteiger partial charge is 0.296 e. The third-order valence-corrected chi connectivity index (χ3v) is 11.1. The number of unbranched alkanes of at least 4 members (excludes halogenated alkanes) is 1. The lowest BCUT2D eigenvalue weighted by Gasteiger charge is -2.35. The monoisotopic (exact) mass is 652 g/mol. The molecule has 4 heterocycles. The molecule has 0 aromatic heterocycles. The summed E-state index contributed by atoms with van der Waals surface area (Å²) in [6.07, 6.45) is 2.01. The van der Waals surface area contributed by atoms with Crippen LogP contribution < -0.4 is 4.90 Å². The van der Waals surface area contributed by atoms with Crippen molar-refractivity contribution in [1.29, 1.82) is 0 Å². The first-order valence-corrected chi connectivity index (χ1v) is 17.4. The molecular weight excluding hydrogens is 612 g/mol. The molecule has 3 saturated heterocycles. The Balaban J connectivity index is 1.47. The number of aliphatic hydroxyl groups is 1. The van der Waals surface area contributed by atoms with E-state index in [0.717, 1.165) is 19.5 Å². The molecule has 1 unspecified atom stereocenters. The molecule has 246 valence electrons. The minimum atomic E-state index is -3.94. The minimum absolute atomic E-state index is 0.0253. The van der Waals surface area contributed by atoms with E-state index in [1.54, 1.807) is 29.2 Å². The van der Waals surface area contributed by atoms with Crippen LogP contribution in [0, 0.1) is 0 Å². The Morgan fingerprint density at radius 1 is 0.870 bits per heavy atom. The summed E-state index contributed by atoms with van der Waals surface area (Å²) >= 11 is 0. The Kier molecular flexibility index (Phi) is 9.31. The van der Waals surface area contributed by atoms with Gasteiger partial charge in [-0.05, 0) is 31.0 Å². The Hall–Kier alpha value is -3.62. The minimum Gasteiger partial charge on any atom is -0.507 e. The molecule has 2 aromatic carbocycles. The Morgan fingerprint density at radius 2 is 1.57 bits per heavy atom. The highest BCUT2D eigenvalue weighted by Crippen LogP contribution is 2.53. The number of hydrogen-bond acceptors (Lipinski definition) is 9. The van der Waals surface area contributed by atoms with Gasteiger partial charge >= 0.3 is 0 Å². The Bertz CT molecular complexity index is 1650. The van der Waals surface area contributed by atoms with E-state index >= 15 is 0 Å². The molecule has 1 atom stereocenters.